The van der Waals surface area contributed by atoms with Crippen molar-refractivity contribution in [3.05, 3.63) is 40.5 Å². The predicted molar refractivity (Wildman–Crippen MR) is 105 cm³/mol. The Bertz CT molecular complexity index is 1020. The zero-order chi connectivity index (χ0) is 17.9. The fourth-order valence-electron chi connectivity index (χ4n) is 2.32. The molecule has 0 radical (unpaired) electrons. The SMILES string of the molecule is CCOCCn1c(=NS(=O)(=O)c2cccs2)sc2cc(SC)ccc21. The van der Waals surface area contributed by atoms with Crippen LogP contribution in [0.4, 0.5) is 0 Å². The third-order valence-corrected chi connectivity index (χ3v) is 8.02. The van der Waals surface area contributed by atoms with Gasteiger partial charge in [0.25, 0.3) is 10.0 Å². The van der Waals surface area contributed by atoms with Crippen molar-refractivity contribution in [3.63, 3.8) is 0 Å². The first-order valence-corrected chi connectivity index (χ1v) is 12.0. The molecule has 0 spiro atoms. The molecule has 0 bridgehead atoms. The number of rotatable bonds is 7. The lowest BCUT2D eigenvalue weighted by Crippen LogP contribution is -2.19. The quantitative estimate of drug-likeness (QED) is 0.436. The maximum atomic E-state index is 12.5. The molecule has 0 amide bonds. The zero-order valence-electron chi connectivity index (χ0n) is 13.8. The van der Waals surface area contributed by atoms with Crippen LogP contribution in [-0.2, 0) is 21.3 Å². The summed E-state index contributed by atoms with van der Waals surface area (Å²) in [6, 6.07) is 9.41. The van der Waals surface area contributed by atoms with Crippen molar-refractivity contribution < 1.29 is 13.2 Å². The van der Waals surface area contributed by atoms with Crippen LogP contribution in [0.2, 0.25) is 0 Å². The second kappa shape index (κ2) is 8.05. The van der Waals surface area contributed by atoms with Crippen LogP contribution in [-0.4, -0.2) is 32.5 Å². The number of ether oxygens (including phenoxy) is 1. The Labute approximate surface area is 159 Å². The number of hydrogen-bond acceptors (Lipinski definition) is 6. The van der Waals surface area contributed by atoms with E-state index in [2.05, 4.69) is 10.5 Å². The average Bonchev–Trinajstić information content (AvgIpc) is 3.23. The molecular formula is C16H18N2O3S4. The van der Waals surface area contributed by atoms with E-state index in [-0.39, 0.29) is 4.21 Å². The summed E-state index contributed by atoms with van der Waals surface area (Å²) in [5.41, 5.74) is 0.975. The maximum Gasteiger partial charge on any atom is 0.294 e. The topological polar surface area (TPSA) is 60.7 Å². The van der Waals surface area contributed by atoms with Crippen LogP contribution in [0.5, 0.6) is 0 Å². The lowest BCUT2D eigenvalue weighted by Gasteiger charge is -2.06. The maximum absolute atomic E-state index is 12.5. The molecule has 1 aromatic carbocycles. The first kappa shape index (κ1) is 18.7. The highest BCUT2D eigenvalue weighted by atomic mass is 32.2. The Hall–Kier alpha value is -1.13. The van der Waals surface area contributed by atoms with E-state index < -0.39 is 10.0 Å². The molecule has 0 saturated heterocycles. The van der Waals surface area contributed by atoms with Gasteiger partial charge in [-0.3, -0.25) is 0 Å². The second-order valence-electron chi connectivity index (χ2n) is 5.07. The smallest absolute Gasteiger partial charge is 0.294 e. The van der Waals surface area contributed by atoms with Gasteiger partial charge in [0.05, 0.1) is 16.8 Å². The van der Waals surface area contributed by atoms with E-state index in [1.165, 1.54) is 22.7 Å². The molecule has 0 atom stereocenters. The molecule has 2 heterocycles. The molecule has 0 fully saturated rings. The van der Waals surface area contributed by atoms with E-state index >= 15 is 0 Å². The number of thiophene rings is 1. The summed E-state index contributed by atoms with van der Waals surface area (Å²) in [5.74, 6) is 0. The molecule has 5 nitrogen and oxygen atoms in total. The van der Waals surface area contributed by atoms with Gasteiger partial charge in [-0.1, -0.05) is 17.4 Å². The van der Waals surface area contributed by atoms with Gasteiger partial charge in [-0.2, -0.15) is 8.42 Å². The molecule has 0 N–H and O–H groups in total. The van der Waals surface area contributed by atoms with Crippen molar-refractivity contribution in [3.8, 4) is 0 Å². The number of thioether (sulfide) groups is 1. The highest BCUT2D eigenvalue weighted by molar-refractivity contribution is 7.98. The summed E-state index contributed by atoms with van der Waals surface area (Å²) < 4.78 is 37.8. The summed E-state index contributed by atoms with van der Waals surface area (Å²) in [4.78, 5) is 1.61. The molecule has 0 unspecified atom stereocenters. The van der Waals surface area contributed by atoms with E-state index in [0.717, 1.165) is 15.1 Å². The summed E-state index contributed by atoms with van der Waals surface area (Å²) >= 11 is 4.22. The predicted octanol–water partition coefficient (Wildman–Crippen LogP) is 3.81. The minimum atomic E-state index is -3.70. The highest BCUT2D eigenvalue weighted by Gasteiger charge is 2.16. The van der Waals surface area contributed by atoms with Gasteiger partial charge in [-0.15, -0.1) is 27.5 Å². The highest BCUT2D eigenvalue weighted by Crippen LogP contribution is 2.25. The van der Waals surface area contributed by atoms with Gasteiger partial charge in [-0.25, -0.2) is 0 Å². The van der Waals surface area contributed by atoms with Gasteiger partial charge in [0.2, 0.25) is 4.80 Å². The Morgan fingerprint density at radius 3 is 2.84 bits per heavy atom. The van der Waals surface area contributed by atoms with Gasteiger partial charge in [0, 0.05) is 18.0 Å². The fraction of sp³-hybridized carbons (Fsp3) is 0.312. The summed E-state index contributed by atoms with van der Waals surface area (Å²) in [7, 11) is -3.70. The summed E-state index contributed by atoms with van der Waals surface area (Å²) in [6.07, 6.45) is 2.02. The normalized spacial score (nSPS) is 13.0. The van der Waals surface area contributed by atoms with E-state index in [1.807, 2.05) is 29.9 Å². The first-order valence-electron chi connectivity index (χ1n) is 7.65. The van der Waals surface area contributed by atoms with E-state index in [4.69, 9.17) is 4.74 Å². The minimum Gasteiger partial charge on any atom is -0.380 e. The molecule has 9 heteroatoms. The van der Waals surface area contributed by atoms with Crippen molar-refractivity contribution >= 4 is 54.7 Å². The molecule has 134 valence electrons. The number of sulfonamides is 1. The van der Waals surface area contributed by atoms with Crippen LogP contribution in [0.3, 0.4) is 0 Å². The van der Waals surface area contributed by atoms with Crippen LogP contribution in [0.1, 0.15) is 6.92 Å². The number of aromatic nitrogens is 1. The monoisotopic (exact) mass is 414 g/mol. The molecule has 0 aliphatic carbocycles. The molecule has 3 aromatic rings. The van der Waals surface area contributed by atoms with Crippen molar-refractivity contribution in [2.45, 2.75) is 22.6 Å². The lowest BCUT2D eigenvalue weighted by molar-refractivity contribution is 0.139. The van der Waals surface area contributed by atoms with E-state index in [9.17, 15) is 8.42 Å². The third kappa shape index (κ3) is 4.17. The van der Waals surface area contributed by atoms with Gasteiger partial charge < -0.3 is 9.30 Å². The van der Waals surface area contributed by atoms with Crippen LogP contribution < -0.4 is 4.80 Å². The van der Waals surface area contributed by atoms with Gasteiger partial charge in [-0.05, 0) is 42.8 Å². The minimum absolute atomic E-state index is 0.256. The number of fused-ring (bicyclic) bond motifs is 1. The van der Waals surface area contributed by atoms with Crippen LogP contribution in [0.15, 0.2) is 49.2 Å². The van der Waals surface area contributed by atoms with Crippen molar-refractivity contribution in [1.82, 2.24) is 4.57 Å². The molecule has 25 heavy (non-hydrogen) atoms. The van der Waals surface area contributed by atoms with E-state index in [1.54, 1.807) is 29.3 Å². The number of hydrogen-bond donors (Lipinski definition) is 0. The van der Waals surface area contributed by atoms with Crippen molar-refractivity contribution in [2.75, 3.05) is 19.5 Å². The standard InChI is InChI=1S/C16H18N2O3S4/c1-3-21-9-8-18-13-7-6-12(22-2)11-14(13)24-16(18)17-25(19,20)15-5-4-10-23-15/h4-7,10-11H,3,8-9H2,1-2H3. The number of nitrogens with zero attached hydrogens (tertiary/aromatic N) is 2. The first-order chi connectivity index (χ1) is 12.0. The number of thiazole rings is 1. The lowest BCUT2D eigenvalue weighted by atomic mass is 10.3. The van der Waals surface area contributed by atoms with Gasteiger partial charge in [0.1, 0.15) is 4.21 Å². The van der Waals surface area contributed by atoms with E-state index in [0.29, 0.717) is 24.6 Å². The number of benzene rings is 1. The zero-order valence-corrected chi connectivity index (χ0v) is 17.1. The van der Waals surface area contributed by atoms with Gasteiger partial charge in [0.15, 0.2) is 0 Å². The van der Waals surface area contributed by atoms with Crippen molar-refractivity contribution in [2.24, 2.45) is 4.40 Å². The Balaban J connectivity index is 2.15. The van der Waals surface area contributed by atoms with Crippen LogP contribution in [0, 0.1) is 0 Å². The molecule has 0 aliphatic rings. The second-order valence-corrected chi connectivity index (χ2v) is 9.73. The molecule has 2 aromatic heterocycles. The van der Waals surface area contributed by atoms with Crippen LogP contribution >= 0.6 is 34.4 Å². The molecule has 0 saturated carbocycles. The molecular weight excluding hydrogens is 396 g/mol. The Kier molecular flexibility index (Phi) is 6.00. The Morgan fingerprint density at radius 2 is 2.16 bits per heavy atom. The summed E-state index contributed by atoms with van der Waals surface area (Å²) in [5, 5.41) is 1.74. The molecule has 0 aliphatic heterocycles. The average molecular weight is 415 g/mol. The Morgan fingerprint density at radius 1 is 1.32 bits per heavy atom. The largest absolute Gasteiger partial charge is 0.380 e. The molecule has 3 rings (SSSR count). The third-order valence-electron chi connectivity index (χ3n) is 3.50. The van der Waals surface area contributed by atoms with Gasteiger partial charge >= 0.3 is 0 Å². The fourth-order valence-corrected chi connectivity index (χ4v) is 6.11. The van der Waals surface area contributed by atoms with Crippen molar-refractivity contribution in [1.29, 1.82) is 0 Å². The van der Waals surface area contributed by atoms with Crippen LogP contribution in [0.25, 0.3) is 10.2 Å². The summed E-state index contributed by atoms with van der Waals surface area (Å²) in [6.45, 7) is 3.64.